The van der Waals surface area contributed by atoms with E-state index in [0.717, 1.165) is 11.4 Å². The van der Waals surface area contributed by atoms with Crippen LogP contribution in [0.1, 0.15) is 5.56 Å². The number of guanidine groups is 1. The van der Waals surface area contributed by atoms with Crippen LogP contribution in [-0.4, -0.2) is 39.3 Å². The quantitative estimate of drug-likeness (QED) is 0.394. The number of rotatable bonds is 6. The molecule has 7 nitrogen and oxygen atoms in total. The van der Waals surface area contributed by atoms with Gasteiger partial charge in [0, 0.05) is 26.4 Å². The molecular weight excluding hydrogens is 433 g/mol. The minimum atomic E-state index is 0. The average molecular weight is 457 g/mol. The predicted octanol–water partition coefficient (Wildman–Crippen LogP) is 2.71. The maximum atomic E-state index is 5.98. The van der Waals surface area contributed by atoms with E-state index in [1.54, 1.807) is 32.5 Å². The fourth-order valence-electron chi connectivity index (χ4n) is 2.07. The molecule has 0 unspecified atom stereocenters. The second-order valence-corrected chi connectivity index (χ2v) is 5.31. The van der Waals surface area contributed by atoms with Crippen molar-refractivity contribution in [3.63, 3.8) is 0 Å². The maximum absolute atomic E-state index is 5.98. The van der Waals surface area contributed by atoms with Gasteiger partial charge in [0.25, 0.3) is 0 Å². The molecule has 0 radical (unpaired) electrons. The van der Waals surface area contributed by atoms with E-state index in [0.29, 0.717) is 29.7 Å². The minimum absolute atomic E-state index is 0. The standard InChI is InChI=1S/C17H23N5O2.HI/c1-22(2)16-9-12(7-8-19-16)11-20-17(18)21-14-10-13(23-3)5-6-15(14)24-4;/h5-10H,11H2,1-4H3,(H3,18,20,21);1H. The lowest BCUT2D eigenvalue weighted by Crippen LogP contribution is -2.23. The largest absolute Gasteiger partial charge is 0.497 e. The Kier molecular flexibility index (Phi) is 8.26. The van der Waals surface area contributed by atoms with Gasteiger partial charge < -0.3 is 25.4 Å². The summed E-state index contributed by atoms with van der Waals surface area (Å²) in [5, 5.41) is 3.04. The normalized spacial score (nSPS) is 10.6. The maximum Gasteiger partial charge on any atom is 0.193 e. The number of halogens is 1. The first-order valence-electron chi connectivity index (χ1n) is 7.44. The molecule has 2 rings (SSSR count). The highest BCUT2D eigenvalue weighted by Gasteiger charge is 2.06. The first kappa shape index (κ1) is 20.8. The van der Waals surface area contributed by atoms with Crippen LogP contribution in [0.25, 0.3) is 0 Å². The Morgan fingerprint density at radius 3 is 2.60 bits per heavy atom. The summed E-state index contributed by atoms with van der Waals surface area (Å²) < 4.78 is 10.5. The summed E-state index contributed by atoms with van der Waals surface area (Å²) in [5.41, 5.74) is 7.70. The molecule has 1 heterocycles. The van der Waals surface area contributed by atoms with Crippen molar-refractivity contribution < 1.29 is 9.47 Å². The molecule has 0 saturated carbocycles. The fourth-order valence-corrected chi connectivity index (χ4v) is 2.07. The summed E-state index contributed by atoms with van der Waals surface area (Å²) in [6.45, 7) is 0.453. The van der Waals surface area contributed by atoms with Crippen molar-refractivity contribution >= 4 is 41.4 Å². The molecule has 8 heteroatoms. The van der Waals surface area contributed by atoms with Crippen LogP contribution in [0.2, 0.25) is 0 Å². The van der Waals surface area contributed by atoms with E-state index in [1.165, 1.54) is 0 Å². The number of nitrogens with zero attached hydrogens (tertiary/aromatic N) is 3. The lowest BCUT2D eigenvalue weighted by molar-refractivity contribution is 0.405. The summed E-state index contributed by atoms with van der Waals surface area (Å²) in [4.78, 5) is 10.6. The summed E-state index contributed by atoms with van der Waals surface area (Å²) in [6, 6.07) is 9.31. The van der Waals surface area contributed by atoms with Gasteiger partial charge in [-0.2, -0.15) is 0 Å². The Labute approximate surface area is 165 Å². The molecule has 0 aliphatic rings. The van der Waals surface area contributed by atoms with E-state index >= 15 is 0 Å². The molecule has 0 spiro atoms. The van der Waals surface area contributed by atoms with Crippen LogP contribution in [-0.2, 0) is 6.54 Å². The van der Waals surface area contributed by atoms with Gasteiger partial charge in [-0.05, 0) is 29.8 Å². The number of nitrogens with two attached hydrogens (primary N) is 1. The van der Waals surface area contributed by atoms with Gasteiger partial charge in [-0.25, -0.2) is 9.98 Å². The van der Waals surface area contributed by atoms with Crippen LogP contribution in [0.15, 0.2) is 41.5 Å². The van der Waals surface area contributed by atoms with Crippen molar-refractivity contribution in [1.82, 2.24) is 4.98 Å². The number of nitrogens with one attached hydrogen (secondary N) is 1. The average Bonchev–Trinajstić information content (AvgIpc) is 2.60. The van der Waals surface area contributed by atoms with E-state index in [1.807, 2.05) is 37.2 Å². The van der Waals surface area contributed by atoms with Crippen LogP contribution in [0.3, 0.4) is 0 Å². The van der Waals surface area contributed by atoms with Gasteiger partial charge in [0.1, 0.15) is 17.3 Å². The number of pyridine rings is 1. The molecule has 1 aromatic carbocycles. The molecule has 1 aromatic heterocycles. The highest BCUT2D eigenvalue weighted by Crippen LogP contribution is 2.28. The zero-order valence-corrected chi connectivity index (χ0v) is 17.1. The van der Waals surface area contributed by atoms with Crippen LogP contribution >= 0.6 is 24.0 Å². The summed E-state index contributed by atoms with van der Waals surface area (Å²) in [6.07, 6.45) is 1.76. The Balaban J connectivity index is 0.00000312. The van der Waals surface area contributed by atoms with Crippen molar-refractivity contribution in [2.75, 3.05) is 38.5 Å². The zero-order chi connectivity index (χ0) is 17.5. The molecule has 136 valence electrons. The topological polar surface area (TPSA) is 85.0 Å². The summed E-state index contributed by atoms with van der Waals surface area (Å²) >= 11 is 0. The zero-order valence-electron chi connectivity index (χ0n) is 14.8. The van der Waals surface area contributed by atoms with Crippen LogP contribution in [0.4, 0.5) is 11.5 Å². The number of ether oxygens (including phenoxy) is 2. The van der Waals surface area contributed by atoms with Crippen LogP contribution in [0.5, 0.6) is 11.5 Å². The number of hydrogen-bond donors (Lipinski definition) is 2. The Morgan fingerprint density at radius 1 is 1.20 bits per heavy atom. The van der Waals surface area contributed by atoms with Gasteiger partial charge in [-0.15, -0.1) is 24.0 Å². The number of aromatic nitrogens is 1. The van der Waals surface area contributed by atoms with Crippen molar-refractivity contribution in [2.24, 2.45) is 10.7 Å². The van der Waals surface area contributed by atoms with Gasteiger partial charge in [0.05, 0.1) is 26.5 Å². The molecule has 3 N–H and O–H groups in total. The molecule has 0 atom stereocenters. The second-order valence-electron chi connectivity index (χ2n) is 5.31. The van der Waals surface area contributed by atoms with Crippen molar-refractivity contribution in [3.8, 4) is 11.5 Å². The molecule has 0 aliphatic carbocycles. The summed E-state index contributed by atoms with van der Waals surface area (Å²) in [7, 11) is 7.09. The SMILES string of the molecule is COc1ccc(OC)c(NC(N)=NCc2ccnc(N(C)C)c2)c1.I. The van der Waals surface area contributed by atoms with Crippen molar-refractivity contribution in [1.29, 1.82) is 0 Å². The van der Waals surface area contributed by atoms with Gasteiger partial charge >= 0.3 is 0 Å². The molecule has 0 fully saturated rings. The Morgan fingerprint density at radius 2 is 1.96 bits per heavy atom. The number of hydrogen-bond acceptors (Lipinski definition) is 5. The van der Waals surface area contributed by atoms with E-state index in [9.17, 15) is 0 Å². The third-order valence-electron chi connectivity index (χ3n) is 3.37. The number of anilines is 2. The molecular formula is C17H24IN5O2. The van der Waals surface area contributed by atoms with Gasteiger partial charge in [-0.3, -0.25) is 0 Å². The second kappa shape index (κ2) is 9.92. The predicted molar refractivity (Wildman–Crippen MR) is 112 cm³/mol. The molecule has 2 aromatic rings. The molecule has 25 heavy (non-hydrogen) atoms. The van der Waals surface area contributed by atoms with Crippen LogP contribution < -0.4 is 25.4 Å². The van der Waals surface area contributed by atoms with E-state index < -0.39 is 0 Å². The lowest BCUT2D eigenvalue weighted by atomic mass is 10.2. The molecule has 0 saturated heterocycles. The molecule has 0 amide bonds. The lowest BCUT2D eigenvalue weighted by Gasteiger charge is -2.13. The highest BCUT2D eigenvalue weighted by atomic mass is 127. The third kappa shape index (κ3) is 5.96. The van der Waals surface area contributed by atoms with Gasteiger partial charge in [-0.1, -0.05) is 0 Å². The number of benzene rings is 1. The molecule has 0 aliphatic heterocycles. The highest BCUT2D eigenvalue weighted by molar-refractivity contribution is 14.0. The molecule has 0 bridgehead atoms. The third-order valence-corrected chi connectivity index (χ3v) is 3.37. The van der Waals surface area contributed by atoms with Gasteiger partial charge in [0.15, 0.2) is 5.96 Å². The van der Waals surface area contributed by atoms with E-state index in [2.05, 4.69) is 15.3 Å². The van der Waals surface area contributed by atoms with Crippen molar-refractivity contribution in [3.05, 3.63) is 42.1 Å². The van der Waals surface area contributed by atoms with E-state index in [-0.39, 0.29) is 24.0 Å². The van der Waals surface area contributed by atoms with Crippen molar-refractivity contribution in [2.45, 2.75) is 6.54 Å². The smallest absolute Gasteiger partial charge is 0.193 e. The monoisotopic (exact) mass is 457 g/mol. The van der Waals surface area contributed by atoms with Crippen LogP contribution in [0, 0.1) is 0 Å². The fraction of sp³-hybridized carbons (Fsp3) is 0.294. The van der Waals surface area contributed by atoms with E-state index in [4.69, 9.17) is 15.2 Å². The first-order chi connectivity index (χ1) is 11.5. The van der Waals surface area contributed by atoms with Gasteiger partial charge in [0.2, 0.25) is 0 Å². The Hall–Kier alpha value is -2.23. The Bertz CT molecular complexity index is 722. The minimum Gasteiger partial charge on any atom is -0.497 e. The number of aliphatic imine (C=N–C) groups is 1. The first-order valence-corrected chi connectivity index (χ1v) is 7.44. The summed E-state index contributed by atoms with van der Waals surface area (Å²) in [5.74, 6) is 2.54. The number of methoxy groups -OCH3 is 2.